The van der Waals surface area contributed by atoms with Crippen LogP contribution in [0.5, 0.6) is 0 Å². The van der Waals surface area contributed by atoms with E-state index in [1.54, 1.807) is 0 Å². The first kappa shape index (κ1) is 28.1. The van der Waals surface area contributed by atoms with Crippen molar-refractivity contribution in [3.05, 3.63) is 69.7 Å². The topological polar surface area (TPSA) is 21.3 Å². The van der Waals surface area contributed by atoms with Crippen LogP contribution in [0, 0.1) is 0 Å². The van der Waals surface area contributed by atoms with E-state index in [-0.39, 0.29) is 17.2 Å². The zero-order valence-electron chi connectivity index (χ0n) is 21.7. The predicted octanol–water partition coefficient (Wildman–Crippen LogP) is 9.45. The molecule has 2 aromatic rings. The number of rotatable bonds is 9. The third-order valence-electron chi connectivity index (χ3n) is 7.23. The molecule has 0 saturated heterocycles. The van der Waals surface area contributed by atoms with E-state index >= 15 is 0 Å². The summed E-state index contributed by atoms with van der Waals surface area (Å²) in [4.78, 5) is 0. The van der Waals surface area contributed by atoms with Gasteiger partial charge in [-0.2, -0.15) is 11.8 Å². The van der Waals surface area contributed by atoms with Crippen LogP contribution < -0.4 is 5.32 Å². The van der Waals surface area contributed by atoms with Crippen LogP contribution in [-0.2, 0) is 4.43 Å². The first-order valence-electron chi connectivity index (χ1n) is 12.5. The van der Waals surface area contributed by atoms with Crippen LogP contribution in [-0.4, -0.2) is 24.9 Å². The molecule has 1 aliphatic rings. The molecular formula is C28H41Cl2NOSSi. The standard InChI is InChI=1S/C28H41Cl2NOSSi/c1-19(2)33-25-13-9-12-24(25)31-26(20-14-16-22(29)17-15-20)27(21-10-8-11-23(30)18-21)32-34(6,7)28(3,4)5/h8,10-11,14-19,24-27,31H,9,12-13H2,1-7H3/t24-,25-,26+,27+/m0/s1. The molecule has 0 amide bonds. The van der Waals surface area contributed by atoms with Gasteiger partial charge in [0.15, 0.2) is 8.32 Å². The minimum absolute atomic E-state index is 0.00298. The van der Waals surface area contributed by atoms with Gasteiger partial charge >= 0.3 is 0 Å². The Morgan fingerprint density at radius 2 is 1.65 bits per heavy atom. The van der Waals surface area contributed by atoms with Gasteiger partial charge in [-0.15, -0.1) is 0 Å². The largest absolute Gasteiger partial charge is 0.408 e. The molecule has 4 atom stereocenters. The van der Waals surface area contributed by atoms with E-state index in [9.17, 15) is 0 Å². The minimum Gasteiger partial charge on any atom is -0.408 e. The van der Waals surface area contributed by atoms with E-state index in [1.807, 2.05) is 24.3 Å². The fourth-order valence-electron chi connectivity index (χ4n) is 4.39. The van der Waals surface area contributed by atoms with Gasteiger partial charge in [0.25, 0.3) is 0 Å². The molecule has 6 heteroatoms. The maximum absolute atomic E-state index is 7.19. The molecule has 0 unspecified atom stereocenters. The van der Waals surface area contributed by atoms with Crippen LogP contribution in [0.25, 0.3) is 0 Å². The summed E-state index contributed by atoms with van der Waals surface area (Å²) >= 11 is 14.9. The highest BCUT2D eigenvalue weighted by Crippen LogP contribution is 2.45. The lowest BCUT2D eigenvalue weighted by Gasteiger charge is -2.43. The second-order valence-electron chi connectivity index (χ2n) is 11.3. The third kappa shape index (κ3) is 7.27. The van der Waals surface area contributed by atoms with E-state index in [1.165, 1.54) is 24.8 Å². The summed E-state index contributed by atoms with van der Waals surface area (Å²) in [6.45, 7) is 16.1. The maximum Gasteiger partial charge on any atom is 0.193 e. The lowest BCUT2D eigenvalue weighted by atomic mass is 9.94. The minimum atomic E-state index is -2.09. The lowest BCUT2D eigenvalue weighted by molar-refractivity contribution is 0.130. The number of hydrogen-bond acceptors (Lipinski definition) is 3. The van der Waals surface area contributed by atoms with Gasteiger partial charge in [0.05, 0.1) is 12.1 Å². The molecule has 34 heavy (non-hydrogen) atoms. The van der Waals surface area contributed by atoms with E-state index < -0.39 is 8.32 Å². The normalized spacial score (nSPS) is 21.1. The molecule has 1 N–H and O–H groups in total. The Morgan fingerprint density at radius 1 is 0.971 bits per heavy atom. The molecule has 2 aromatic carbocycles. The summed E-state index contributed by atoms with van der Waals surface area (Å²) in [5.74, 6) is 0. The van der Waals surface area contributed by atoms with E-state index in [0.717, 1.165) is 15.6 Å². The summed E-state index contributed by atoms with van der Waals surface area (Å²) < 4.78 is 7.19. The Morgan fingerprint density at radius 3 is 2.24 bits per heavy atom. The highest BCUT2D eigenvalue weighted by atomic mass is 35.5. The van der Waals surface area contributed by atoms with Gasteiger partial charge in [-0.3, -0.25) is 0 Å². The first-order valence-corrected chi connectivity index (χ1v) is 17.1. The van der Waals surface area contributed by atoms with Crippen LogP contribution in [0.15, 0.2) is 48.5 Å². The second kappa shape index (κ2) is 11.7. The molecule has 1 fully saturated rings. The number of nitrogens with one attached hydrogen (secondary N) is 1. The monoisotopic (exact) mass is 537 g/mol. The zero-order chi connectivity index (χ0) is 25.1. The number of halogens is 2. The fraction of sp³-hybridized carbons (Fsp3) is 0.571. The molecule has 3 rings (SSSR count). The average molecular weight is 539 g/mol. The van der Waals surface area contributed by atoms with E-state index in [4.69, 9.17) is 27.6 Å². The Kier molecular flexibility index (Phi) is 9.67. The molecule has 0 aliphatic heterocycles. The van der Waals surface area contributed by atoms with Crippen molar-refractivity contribution in [2.75, 3.05) is 0 Å². The first-order chi connectivity index (χ1) is 15.9. The molecule has 1 aliphatic carbocycles. The van der Waals surface area contributed by atoms with Gasteiger partial charge in [-0.05, 0) is 71.6 Å². The molecule has 188 valence electrons. The van der Waals surface area contributed by atoms with Crippen molar-refractivity contribution >= 4 is 43.3 Å². The summed E-state index contributed by atoms with van der Waals surface area (Å²) in [5, 5.41) is 6.91. The van der Waals surface area contributed by atoms with Crippen LogP contribution in [0.1, 0.15) is 77.2 Å². The van der Waals surface area contributed by atoms with Gasteiger partial charge < -0.3 is 9.74 Å². The number of benzene rings is 2. The van der Waals surface area contributed by atoms with Crippen molar-refractivity contribution in [1.82, 2.24) is 5.32 Å². The van der Waals surface area contributed by atoms with Gasteiger partial charge in [0, 0.05) is 21.3 Å². The summed E-state index contributed by atoms with van der Waals surface area (Å²) in [5.41, 5.74) is 2.32. The SMILES string of the molecule is CC(C)S[C@H]1CCC[C@@H]1N[C@H](c1ccc(Cl)cc1)[C@H](O[Si](C)(C)C(C)(C)C)c1cccc(Cl)c1. The maximum atomic E-state index is 7.19. The van der Waals surface area contributed by atoms with Gasteiger partial charge in [-0.25, -0.2) is 0 Å². The van der Waals surface area contributed by atoms with Crippen molar-refractivity contribution in [3.8, 4) is 0 Å². The van der Waals surface area contributed by atoms with Gasteiger partial charge in [-0.1, -0.05) is 88.5 Å². The molecule has 0 aromatic heterocycles. The average Bonchev–Trinajstić information content (AvgIpc) is 3.16. The number of hydrogen-bond donors (Lipinski definition) is 1. The Hall–Kier alpha value is -0.493. The summed E-state index contributed by atoms with van der Waals surface area (Å²) in [6.07, 6.45) is 3.57. The van der Waals surface area contributed by atoms with Gasteiger partial charge in [0.2, 0.25) is 0 Å². The molecule has 0 heterocycles. The molecule has 0 radical (unpaired) electrons. The number of thioether (sulfide) groups is 1. The molecule has 1 saturated carbocycles. The molecule has 0 spiro atoms. The molecular weight excluding hydrogens is 497 g/mol. The lowest BCUT2D eigenvalue weighted by Crippen LogP contribution is -2.46. The van der Waals surface area contributed by atoms with Crippen LogP contribution in [0.2, 0.25) is 28.2 Å². The quantitative estimate of drug-likeness (QED) is 0.321. The van der Waals surface area contributed by atoms with E-state index in [2.05, 4.69) is 89.1 Å². The zero-order valence-corrected chi connectivity index (χ0v) is 25.0. The third-order valence-corrected chi connectivity index (χ3v) is 13.6. The van der Waals surface area contributed by atoms with Crippen molar-refractivity contribution in [3.63, 3.8) is 0 Å². The van der Waals surface area contributed by atoms with Crippen molar-refractivity contribution in [1.29, 1.82) is 0 Å². The van der Waals surface area contributed by atoms with Crippen molar-refractivity contribution in [2.24, 2.45) is 0 Å². The molecule has 0 bridgehead atoms. The molecule has 2 nitrogen and oxygen atoms in total. The highest BCUT2D eigenvalue weighted by molar-refractivity contribution is 8.00. The van der Waals surface area contributed by atoms with Crippen molar-refractivity contribution < 1.29 is 4.43 Å². The summed E-state index contributed by atoms with van der Waals surface area (Å²) in [7, 11) is -2.09. The predicted molar refractivity (Wildman–Crippen MR) is 154 cm³/mol. The Labute approximate surface area is 222 Å². The Bertz CT molecular complexity index is 929. The Balaban J connectivity index is 2.06. The van der Waals surface area contributed by atoms with Crippen molar-refractivity contribution in [2.45, 2.75) is 101 Å². The van der Waals surface area contributed by atoms with Gasteiger partial charge in [0.1, 0.15) is 0 Å². The van der Waals surface area contributed by atoms with Crippen LogP contribution in [0.4, 0.5) is 0 Å². The van der Waals surface area contributed by atoms with Crippen LogP contribution in [0.3, 0.4) is 0 Å². The second-order valence-corrected chi connectivity index (χ2v) is 18.8. The summed E-state index contributed by atoms with van der Waals surface area (Å²) in [6, 6.07) is 16.9. The van der Waals surface area contributed by atoms with Crippen LogP contribution >= 0.6 is 35.0 Å². The highest BCUT2D eigenvalue weighted by Gasteiger charge is 2.42. The van der Waals surface area contributed by atoms with E-state index in [0.29, 0.717) is 16.5 Å². The fourth-order valence-corrected chi connectivity index (χ4v) is 7.39. The smallest absolute Gasteiger partial charge is 0.193 e.